The van der Waals surface area contributed by atoms with Crippen molar-refractivity contribution in [1.29, 1.82) is 0 Å². The second kappa shape index (κ2) is 5.15. The Morgan fingerprint density at radius 2 is 2.00 bits per heavy atom. The van der Waals surface area contributed by atoms with Crippen molar-refractivity contribution >= 4 is 11.0 Å². The minimum Gasteiger partial charge on any atom is -0.464 e. The number of fused-ring (bicyclic) bond motifs is 1. The SMILES string of the molecule is CCNCCc1coc2ccc(C(C)(C)C)cc12. The van der Waals surface area contributed by atoms with Gasteiger partial charge in [0.25, 0.3) is 0 Å². The van der Waals surface area contributed by atoms with Crippen LogP contribution in [-0.4, -0.2) is 13.1 Å². The Kier molecular flexibility index (Phi) is 3.76. The van der Waals surface area contributed by atoms with Crippen molar-refractivity contribution in [3.63, 3.8) is 0 Å². The third kappa shape index (κ3) is 2.75. The van der Waals surface area contributed by atoms with Crippen LogP contribution in [0, 0.1) is 0 Å². The first kappa shape index (κ1) is 13.2. The Bertz CT molecular complexity index is 519. The molecule has 0 atom stereocenters. The average molecular weight is 245 g/mol. The molecule has 0 aliphatic heterocycles. The molecular formula is C16H23NO. The van der Waals surface area contributed by atoms with Crippen LogP contribution in [0.15, 0.2) is 28.9 Å². The first-order chi connectivity index (χ1) is 8.52. The zero-order valence-electron chi connectivity index (χ0n) is 11.8. The van der Waals surface area contributed by atoms with Crippen molar-refractivity contribution in [2.75, 3.05) is 13.1 Å². The third-order valence-corrected chi connectivity index (χ3v) is 3.34. The van der Waals surface area contributed by atoms with Crippen molar-refractivity contribution in [3.05, 3.63) is 35.6 Å². The molecule has 0 saturated carbocycles. The molecule has 98 valence electrons. The van der Waals surface area contributed by atoms with Gasteiger partial charge in [-0.15, -0.1) is 0 Å². The summed E-state index contributed by atoms with van der Waals surface area (Å²) in [6, 6.07) is 6.53. The van der Waals surface area contributed by atoms with Crippen LogP contribution >= 0.6 is 0 Å². The Balaban J connectivity index is 2.31. The summed E-state index contributed by atoms with van der Waals surface area (Å²) >= 11 is 0. The lowest BCUT2D eigenvalue weighted by atomic mass is 9.86. The molecule has 1 aromatic carbocycles. The lowest BCUT2D eigenvalue weighted by Gasteiger charge is -2.18. The molecule has 0 fully saturated rings. The average Bonchev–Trinajstić information content (AvgIpc) is 2.71. The number of hydrogen-bond acceptors (Lipinski definition) is 2. The summed E-state index contributed by atoms with van der Waals surface area (Å²) in [5.74, 6) is 0. The monoisotopic (exact) mass is 245 g/mol. The highest BCUT2D eigenvalue weighted by Gasteiger charge is 2.15. The summed E-state index contributed by atoms with van der Waals surface area (Å²) < 4.78 is 5.62. The van der Waals surface area contributed by atoms with Gasteiger partial charge in [0.1, 0.15) is 5.58 Å². The molecule has 2 aromatic rings. The number of furan rings is 1. The minimum absolute atomic E-state index is 0.185. The normalized spacial score (nSPS) is 12.2. The fraction of sp³-hybridized carbons (Fsp3) is 0.500. The van der Waals surface area contributed by atoms with Gasteiger partial charge in [-0.05, 0) is 48.2 Å². The summed E-state index contributed by atoms with van der Waals surface area (Å²) in [7, 11) is 0. The second-order valence-electron chi connectivity index (χ2n) is 5.83. The van der Waals surface area contributed by atoms with E-state index in [0.717, 1.165) is 25.1 Å². The van der Waals surface area contributed by atoms with E-state index in [9.17, 15) is 0 Å². The highest BCUT2D eigenvalue weighted by Crippen LogP contribution is 2.29. The van der Waals surface area contributed by atoms with Crippen molar-refractivity contribution in [2.45, 2.75) is 39.5 Å². The standard InChI is InChI=1S/C16H23NO/c1-5-17-9-8-12-11-18-15-7-6-13(10-14(12)15)16(2,3)4/h6-7,10-11,17H,5,8-9H2,1-4H3. The van der Waals surface area contributed by atoms with Crippen LogP contribution in [0.1, 0.15) is 38.8 Å². The van der Waals surface area contributed by atoms with E-state index in [2.05, 4.69) is 51.2 Å². The smallest absolute Gasteiger partial charge is 0.134 e. The molecule has 18 heavy (non-hydrogen) atoms. The third-order valence-electron chi connectivity index (χ3n) is 3.34. The fourth-order valence-corrected chi connectivity index (χ4v) is 2.14. The maximum absolute atomic E-state index is 5.62. The lowest BCUT2D eigenvalue weighted by Crippen LogP contribution is -2.16. The molecule has 0 aliphatic rings. The van der Waals surface area contributed by atoms with E-state index >= 15 is 0 Å². The van der Waals surface area contributed by atoms with Crippen molar-refractivity contribution in [3.8, 4) is 0 Å². The molecular weight excluding hydrogens is 222 g/mol. The number of benzene rings is 1. The zero-order chi connectivity index (χ0) is 13.2. The van der Waals surface area contributed by atoms with Crippen LogP contribution in [0.2, 0.25) is 0 Å². The Hall–Kier alpha value is -1.28. The number of nitrogens with one attached hydrogen (secondary N) is 1. The highest BCUT2D eigenvalue weighted by molar-refractivity contribution is 5.82. The number of rotatable bonds is 4. The van der Waals surface area contributed by atoms with Crippen LogP contribution in [0.4, 0.5) is 0 Å². The maximum Gasteiger partial charge on any atom is 0.134 e. The molecule has 1 N–H and O–H groups in total. The largest absolute Gasteiger partial charge is 0.464 e. The highest BCUT2D eigenvalue weighted by atomic mass is 16.3. The van der Waals surface area contributed by atoms with Gasteiger partial charge >= 0.3 is 0 Å². The van der Waals surface area contributed by atoms with Gasteiger partial charge in [0.15, 0.2) is 0 Å². The topological polar surface area (TPSA) is 25.2 Å². The van der Waals surface area contributed by atoms with Crippen LogP contribution < -0.4 is 5.32 Å². The first-order valence-electron chi connectivity index (χ1n) is 6.73. The molecule has 0 unspecified atom stereocenters. The molecule has 0 radical (unpaired) electrons. The van der Waals surface area contributed by atoms with Gasteiger partial charge in [-0.3, -0.25) is 0 Å². The van der Waals surface area contributed by atoms with Gasteiger partial charge in [0, 0.05) is 5.39 Å². The minimum atomic E-state index is 0.185. The predicted octanol–water partition coefficient (Wildman–Crippen LogP) is 3.88. The zero-order valence-corrected chi connectivity index (χ0v) is 11.8. The summed E-state index contributed by atoms with van der Waals surface area (Å²) in [6.45, 7) is 10.9. The number of likely N-dealkylation sites (N-methyl/N-ethyl adjacent to an activating group) is 1. The molecule has 0 amide bonds. The van der Waals surface area contributed by atoms with Crippen LogP contribution in [0.25, 0.3) is 11.0 Å². The fourth-order valence-electron chi connectivity index (χ4n) is 2.14. The molecule has 0 saturated heterocycles. The number of hydrogen-bond donors (Lipinski definition) is 1. The van der Waals surface area contributed by atoms with Gasteiger partial charge < -0.3 is 9.73 Å². The van der Waals surface area contributed by atoms with Gasteiger partial charge in [-0.2, -0.15) is 0 Å². The molecule has 2 heteroatoms. The lowest BCUT2D eigenvalue weighted by molar-refractivity contribution is 0.589. The van der Waals surface area contributed by atoms with E-state index in [-0.39, 0.29) is 5.41 Å². The van der Waals surface area contributed by atoms with Gasteiger partial charge in [0.2, 0.25) is 0 Å². The molecule has 0 spiro atoms. The molecule has 2 rings (SSSR count). The molecule has 1 heterocycles. The van der Waals surface area contributed by atoms with E-state index in [0.29, 0.717) is 0 Å². The molecule has 1 aromatic heterocycles. The van der Waals surface area contributed by atoms with Crippen LogP contribution in [-0.2, 0) is 11.8 Å². The van der Waals surface area contributed by atoms with E-state index < -0.39 is 0 Å². The second-order valence-corrected chi connectivity index (χ2v) is 5.83. The van der Waals surface area contributed by atoms with E-state index in [4.69, 9.17) is 4.42 Å². The van der Waals surface area contributed by atoms with Crippen molar-refractivity contribution < 1.29 is 4.42 Å². The van der Waals surface area contributed by atoms with Crippen molar-refractivity contribution in [2.24, 2.45) is 0 Å². The summed E-state index contributed by atoms with van der Waals surface area (Å²) in [5, 5.41) is 4.62. The molecule has 2 nitrogen and oxygen atoms in total. The van der Waals surface area contributed by atoms with Gasteiger partial charge in [-0.25, -0.2) is 0 Å². The van der Waals surface area contributed by atoms with Crippen LogP contribution in [0.3, 0.4) is 0 Å². The Morgan fingerprint density at radius 1 is 1.22 bits per heavy atom. The Labute approximate surface area is 109 Å². The quantitative estimate of drug-likeness (QED) is 0.827. The Morgan fingerprint density at radius 3 is 2.67 bits per heavy atom. The van der Waals surface area contributed by atoms with Gasteiger partial charge in [-0.1, -0.05) is 33.8 Å². The summed E-state index contributed by atoms with van der Waals surface area (Å²) in [6.07, 6.45) is 2.92. The van der Waals surface area contributed by atoms with E-state index in [1.165, 1.54) is 16.5 Å². The summed E-state index contributed by atoms with van der Waals surface area (Å²) in [4.78, 5) is 0. The maximum atomic E-state index is 5.62. The van der Waals surface area contributed by atoms with Crippen molar-refractivity contribution in [1.82, 2.24) is 5.32 Å². The van der Waals surface area contributed by atoms with E-state index in [1.54, 1.807) is 0 Å². The summed E-state index contributed by atoms with van der Waals surface area (Å²) in [5.41, 5.74) is 3.84. The molecule has 0 aliphatic carbocycles. The van der Waals surface area contributed by atoms with Crippen LogP contribution in [0.5, 0.6) is 0 Å². The van der Waals surface area contributed by atoms with Gasteiger partial charge in [0.05, 0.1) is 6.26 Å². The predicted molar refractivity (Wildman–Crippen MR) is 77.2 cm³/mol. The van der Waals surface area contributed by atoms with E-state index in [1.807, 2.05) is 6.26 Å². The molecule has 0 bridgehead atoms. The first-order valence-corrected chi connectivity index (χ1v) is 6.73.